The van der Waals surface area contributed by atoms with Gasteiger partial charge < -0.3 is 9.47 Å². The zero-order chi connectivity index (χ0) is 17.1. The van der Waals surface area contributed by atoms with Crippen molar-refractivity contribution in [2.75, 3.05) is 7.11 Å². The van der Waals surface area contributed by atoms with E-state index in [1.54, 1.807) is 13.2 Å². The normalized spacial score (nSPS) is 20.0. The van der Waals surface area contributed by atoms with E-state index in [4.69, 9.17) is 9.47 Å². The summed E-state index contributed by atoms with van der Waals surface area (Å²) in [5, 5.41) is 8.32. The summed E-state index contributed by atoms with van der Waals surface area (Å²) in [6.45, 7) is 4.24. The molecule has 2 aliphatic rings. The van der Waals surface area contributed by atoms with Crippen LogP contribution in [0.15, 0.2) is 6.07 Å². The molecular formula is C19H28N2O3. The van der Waals surface area contributed by atoms with Gasteiger partial charge in [0.2, 0.25) is 0 Å². The second-order valence-corrected chi connectivity index (χ2v) is 7.47. The maximum atomic E-state index is 12.6. The smallest absolute Gasteiger partial charge is 0.359 e. The van der Waals surface area contributed by atoms with E-state index in [0.717, 1.165) is 31.4 Å². The first-order valence-electron chi connectivity index (χ1n) is 9.22. The Hall–Kier alpha value is -1.65. The molecule has 5 nitrogen and oxygen atoms in total. The van der Waals surface area contributed by atoms with Crippen LogP contribution in [0.1, 0.15) is 80.9 Å². The van der Waals surface area contributed by atoms with Gasteiger partial charge in [-0.3, -0.25) is 0 Å². The van der Waals surface area contributed by atoms with Crippen LogP contribution in [0.4, 0.5) is 0 Å². The van der Waals surface area contributed by atoms with Crippen LogP contribution in [-0.2, 0) is 4.74 Å². The van der Waals surface area contributed by atoms with Crippen molar-refractivity contribution in [3.05, 3.63) is 17.5 Å². The van der Waals surface area contributed by atoms with E-state index in [1.807, 2.05) is 0 Å². The van der Waals surface area contributed by atoms with Gasteiger partial charge in [-0.05, 0) is 37.5 Å². The first-order chi connectivity index (χ1) is 11.6. The fraction of sp³-hybridized carbons (Fsp3) is 0.737. The lowest BCUT2D eigenvalue weighted by Gasteiger charge is -2.32. The van der Waals surface area contributed by atoms with Crippen molar-refractivity contribution in [1.82, 2.24) is 10.2 Å². The van der Waals surface area contributed by atoms with Gasteiger partial charge in [0.15, 0.2) is 5.69 Å². The Labute approximate surface area is 144 Å². The summed E-state index contributed by atoms with van der Waals surface area (Å²) in [7, 11) is 1.61. The molecule has 2 aliphatic carbocycles. The fourth-order valence-electron chi connectivity index (χ4n) is 3.71. The van der Waals surface area contributed by atoms with Crippen LogP contribution in [0.25, 0.3) is 0 Å². The van der Waals surface area contributed by atoms with Gasteiger partial charge in [0.1, 0.15) is 17.5 Å². The van der Waals surface area contributed by atoms with Crippen molar-refractivity contribution in [3.63, 3.8) is 0 Å². The van der Waals surface area contributed by atoms with Crippen LogP contribution < -0.4 is 4.74 Å². The highest BCUT2D eigenvalue weighted by atomic mass is 16.5. The number of aromatic nitrogens is 2. The highest BCUT2D eigenvalue weighted by Gasteiger charge is 2.32. The summed E-state index contributed by atoms with van der Waals surface area (Å²) in [6.07, 6.45) is 8.23. The third-order valence-corrected chi connectivity index (χ3v) is 5.19. The van der Waals surface area contributed by atoms with Crippen LogP contribution in [0.3, 0.4) is 0 Å². The molecule has 0 N–H and O–H groups in total. The Morgan fingerprint density at radius 1 is 1.12 bits per heavy atom. The molecule has 1 aromatic heterocycles. The van der Waals surface area contributed by atoms with Gasteiger partial charge in [-0.15, -0.1) is 5.10 Å². The minimum Gasteiger partial charge on any atom is -0.495 e. The molecule has 2 fully saturated rings. The molecule has 1 aromatic rings. The number of hydrogen-bond acceptors (Lipinski definition) is 5. The molecule has 0 spiro atoms. The molecule has 0 radical (unpaired) electrons. The number of esters is 1. The van der Waals surface area contributed by atoms with E-state index in [0.29, 0.717) is 23.5 Å². The number of carbonyl (C=O) groups excluding carboxylic acids is 1. The number of ether oxygens (including phenoxy) is 2. The van der Waals surface area contributed by atoms with E-state index in [9.17, 15) is 4.79 Å². The van der Waals surface area contributed by atoms with Crippen molar-refractivity contribution in [2.24, 2.45) is 11.8 Å². The van der Waals surface area contributed by atoms with E-state index in [-0.39, 0.29) is 17.8 Å². The quantitative estimate of drug-likeness (QED) is 0.733. The molecule has 0 aliphatic heterocycles. The van der Waals surface area contributed by atoms with Crippen LogP contribution in [0.2, 0.25) is 0 Å². The first kappa shape index (κ1) is 17.2. The van der Waals surface area contributed by atoms with Gasteiger partial charge in [0, 0.05) is 12.0 Å². The van der Waals surface area contributed by atoms with Crippen LogP contribution in [-0.4, -0.2) is 29.4 Å². The van der Waals surface area contributed by atoms with Gasteiger partial charge in [-0.1, -0.05) is 33.1 Å². The average Bonchev–Trinajstić information content (AvgIpc) is 3.44. The summed E-state index contributed by atoms with van der Waals surface area (Å²) in [4.78, 5) is 12.6. The molecule has 24 heavy (non-hydrogen) atoms. The van der Waals surface area contributed by atoms with Crippen molar-refractivity contribution in [1.29, 1.82) is 0 Å². The third-order valence-electron chi connectivity index (χ3n) is 5.19. The maximum Gasteiger partial charge on any atom is 0.359 e. The predicted molar refractivity (Wildman–Crippen MR) is 91.2 cm³/mol. The second kappa shape index (κ2) is 7.49. The van der Waals surface area contributed by atoms with Crippen LogP contribution >= 0.6 is 0 Å². The Morgan fingerprint density at radius 3 is 2.42 bits per heavy atom. The molecule has 0 bridgehead atoms. The van der Waals surface area contributed by atoms with Crippen molar-refractivity contribution < 1.29 is 14.3 Å². The topological polar surface area (TPSA) is 61.3 Å². The lowest BCUT2D eigenvalue weighted by atomic mass is 9.81. The van der Waals surface area contributed by atoms with Crippen LogP contribution in [0.5, 0.6) is 5.75 Å². The van der Waals surface area contributed by atoms with Crippen LogP contribution in [0, 0.1) is 11.8 Å². The van der Waals surface area contributed by atoms with Crippen molar-refractivity contribution in [3.8, 4) is 5.75 Å². The minimum absolute atomic E-state index is 0.0475. The molecule has 1 atom stereocenters. The van der Waals surface area contributed by atoms with Gasteiger partial charge in [0.05, 0.1) is 7.11 Å². The third kappa shape index (κ3) is 3.87. The predicted octanol–water partition coefficient (Wildman–Crippen LogP) is 4.12. The van der Waals surface area contributed by atoms with E-state index < -0.39 is 0 Å². The summed E-state index contributed by atoms with van der Waals surface area (Å²) in [5.74, 6) is 1.47. The number of rotatable bonds is 6. The lowest BCUT2D eigenvalue weighted by Crippen LogP contribution is -2.33. The molecule has 1 unspecified atom stereocenters. The Kier molecular flexibility index (Phi) is 5.36. The van der Waals surface area contributed by atoms with Gasteiger partial charge in [0.25, 0.3) is 0 Å². The standard InChI is InChI=1S/C19H28N2O3/c1-12(2)18(14-7-5-4-6-8-14)24-19(22)15-11-16(23-3)17(21-20-15)13-9-10-13/h11-14,18H,4-10H2,1-3H3. The highest BCUT2D eigenvalue weighted by molar-refractivity contribution is 5.87. The molecule has 5 heteroatoms. The summed E-state index contributed by atoms with van der Waals surface area (Å²) in [5.41, 5.74) is 1.11. The maximum absolute atomic E-state index is 12.6. The average molecular weight is 332 g/mol. The van der Waals surface area contributed by atoms with Crippen molar-refractivity contribution >= 4 is 5.97 Å². The molecule has 3 rings (SSSR count). The summed E-state index contributed by atoms with van der Waals surface area (Å²) < 4.78 is 11.3. The monoisotopic (exact) mass is 332 g/mol. The zero-order valence-electron chi connectivity index (χ0n) is 15.0. The van der Waals surface area contributed by atoms with E-state index in [2.05, 4.69) is 24.0 Å². The SMILES string of the molecule is COc1cc(C(=O)OC(C(C)C)C2CCCCC2)nnc1C1CC1. The largest absolute Gasteiger partial charge is 0.495 e. The fourth-order valence-corrected chi connectivity index (χ4v) is 3.71. The molecule has 0 saturated heterocycles. The van der Waals surface area contributed by atoms with Crippen molar-refractivity contribution in [2.45, 2.75) is 70.8 Å². The molecule has 0 amide bonds. The Balaban J connectivity index is 1.72. The molecule has 0 aromatic carbocycles. The molecule has 132 valence electrons. The number of methoxy groups -OCH3 is 1. The molecular weight excluding hydrogens is 304 g/mol. The lowest BCUT2D eigenvalue weighted by molar-refractivity contribution is -0.0103. The van der Waals surface area contributed by atoms with Gasteiger partial charge >= 0.3 is 5.97 Å². The van der Waals surface area contributed by atoms with Gasteiger partial charge in [-0.25, -0.2) is 4.79 Å². The zero-order valence-corrected chi connectivity index (χ0v) is 15.0. The first-order valence-corrected chi connectivity index (χ1v) is 9.22. The Morgan fingerprint density at radius 2 is 1.83 bits per heavy atom. The summed E-state index contributed by atoms with van der Waals surface area (Å²) >= 11 is 0. The number of carbonyl (C=O) groups is 1. The number of hydrogen-bond donors (Lipinski definition) is 0. The summed E-state index contributed by atoms with van der Waals surface area (Å²) in [6, 6.07) is 1.68. The second-order valence-electron chi connectivity index (χ2n) is 7.47. The minimum atomic E-state index is -0.382. The van der Waals surface area contributed by atoms with E-state index >= 15 is 0 Å². The number of nitrogens with zero attached hydrogens (tertiary/aromatic N) is 2. The van der Waals surface area contributed by atoms with Gasteiger partial charge in [-0.2, -0.15) is 5.10 Å². The highest BCUT2D eigenvalue weighted by Crippen LogP contribution is 2.42. The molecule has 2 saturated carbocycles. The Bertz CT molecular complexity index is 578. The van der Waals surface area contributed by atoms with E-state index in [1.165, 1.54) is 19.3 Å². The molecule has 1 heterocycles.